The first-order valence-corrected chi connectivity index (χ1v) is 5.82. The summed E-state index contributed by atoms with van der Waals surface area (Å²) in [4.78, 5) is 2.38. The number of nitrogens with two attached hydrogens (primary N) is 2. The highest BCUT2D eigenvalue weighted by Crippen LogP contribution is 2.19. The number of hydrogen-bond acceptors (Lipinski definition) is 4. The minimum Gasteiger partial charge on any atom is -0.369 e. The maximum Gasteiger partial charge on any atom is 0.0420 e. The molecule has 4 heteroatoms. The highest BCUT2D eigenvalue weighted by molar-refractivity contribution is 5.49. The molecule has 1 atom stereocenters. The van der Waals surface area contributed by atoms with Crippen molar-refractivity contribution in [1.82, 2.24) is 5.32 Å². The summed E-state index contributed by atoms with van der Waals surface area (Å²) in [5, 5.41) is 3.35. The van der Waals surface area contributed by atoms with Crippen molar-refractivity contribution in [1.29, 1.82) is 0 Å². The molecule has 1 aromatic carbocycles. The smallest absolute Gasteiger partial charge is 0.0420 e. The molecule has 2 rings (SSSR count). The third kappa shape index (κ3) is 2.52. The molecule has 5 N–H and O–H groups in total. The Bertz CT molecular complexity index is 334. The minimum absolute atomic E-state index is 0.0529. The quantitative estimate of drug-likeness (QED) is 0.673. The molecule has 0 bridgehead atoms. The molecule has 16 heavy (non-hydrogen) atoms. The number of nitrogens with one attached hydrogen (secondary N) is 1. The molecule has 0 aliphatic carbocycles. The van der Waals surface area contributed by atoms with Crippen LogP contribution in [0.5, 0.6) is 0 Å². The summed E-state index contributed by atoms with van der Waals surface area (Å²) in [6, 6.07) is 8.34. The molecule has 1 aliphatic heterocycles. The summed E-state index contributed by atoms with van der Waals surface area (Å²) in [5.41, 5.74) is 13.9. The molecular weight excluding hydrogens is 200 g/mol. The zero-order valence-electron chi connectivity index (χ0n) is 9.52. The molecule has 4 nitrogen and oxygen atoms in total. The molecule has 0 amide bonds. The molecule has 1 heterocycles. The van der Waals surface area contributed by atoms with Crippen molar-refractivity contribution in [3.05, 3.63) is 29.8 Å². The predicted octanol–water partition coefficient (Wildman–Crippen LogP) is 0.0547. The van der Waals surface area contributed by atoms with Gasteiger partial charge in [0.15, 0.2) is 0 Å². The van der Waals surface area contributed by atoms with Gasteiger partial charge in [-0.15, -0.1) is 0 Å². The molecule has 1 aliphatic rings. The Morgan fingerprint density at radius 2 is 2.06 bits per heavy atom. The predicted molar refractivity (Wildman–Crippen MR) is 67.5 cm³/mol. The Morgan fingerprint density at radius 1 is 1.31 bits per heavy atom. The van der Waals surface area contributed by atoms with Gasteiger partial charge in [-0.05, 0) is 17.7 Å². The molecule has 1 saturated heterocycles. The van der Waals surface area contributed by atoms with Crippen LogP contribution in [0.1, 0.15) is 11.6 Å². The number of piperazine rings is 1. The van der Waals surface area contributed by atoms with E-state index in [-0.39, 0.29) is 6.04 Å². The van der Waals surface area contributed by atoms with Crippen molar-refractivity contribution in [2.24, 2.45) is 11.5 Å². The van der Waals surface area contributed by atoms with Crippen LogP contribution in [0, 0.1) is 0 Å². The Kier molecular flexibility index (Phi) is 3.77. The lowest BCUT2D eigenvalue weighted by Gasteiger charge is -2.30. The van der Waals surface area contributed by atoms with Crippen LogP contribution in [0.2, 0.25) is 0 Å². The van der Waals surface area contributed by atoms with Crippen LogP contribution in [0.15, 0.2) is 24.3 Å². The van der Waals surface area contributed by atoms with Gasteiger partial charge in [0.25, 0.3) is 0 Å². The highest BCUT2D eigenvalue weighted by Gasteiger charge is 2.11. The normalized spacial score (nSPS) is 18.5. The van der Waals surface area contributed by atoms with Gasteiger partial charge in [0.05, 0.1) is 0 Å². The van der Waals surface area contributed by atoms with E-state index in [4.69, 9.17) is 11.5 Å². The van der Waals surface area contributed by atoms with Gasteiger partial charge < -0.3 is 21.7 Å². The van der Waals surface area contributed by atoms with Crippen molar-refractivity contribution in [2.45, 2.75) is 6.04 Å². The Balaban J connectivity index is 2.14. The molecule has 0 radical (unpaired) electrons. The van der Waals surface area contributed by atoms with E-state index in [1.165, 1.54) is 5.69 Å². The van der Waals surface area contributed by atoms with Crippen molar-refractivity contribution in [3.63, 3.8) is 0 Å². The van der Waals surface area contributed by atoms with Gasteiger partial charge in [-0.3, -0.25) is 0 Å². The molecule has 0 saturated carbocycles. The molecule has 1 aromatic rings. The number of anilines is 1. The van der Waals surface area contributed by atoms with E-state index in [2.05, 4.69) is 28.4 Å². The third-order valence-electron chi connectivity index (χ3n) is 3.03. The average Bonchev–Trinajstić information content (AvgIpc) is 2.39. The van der Waals surface area contributed by atoms with E-state index < -0.39 is 0 Å². The van der Waals surface area contributed by atoms with Gasteiger partial charge in [-0.2, -0.15) is 0 Å². The van der Waals surface area contributed by atoms with Crippen LogP contribution < -0.4 is 21.7 Å². The van der Waals surface area contributed by atoms with Gasteiger partial charge in [-0.25, -0.2) is 0 Å². The van der Waals surface area contributed by atoms with E-state index in [9.17, 15) is 0 Å². The summed E-state index contributed by atoms with van der Waals surface area (Å²) < 4.78 is 0. The molecule has 1 fully saturated rings. The monoisotopic (exact) mass is 220 g/mol. The van der Waals surface area contributed by atoms with Crippen LogP contribution >= 0.6 is 0 Å². The van der Waals surface area contributed by atoms with Gasteiger partial charge in [0.1, 0.15) is 0 Å². The van der Waals surface area contributed by atoms with Crippen molar-refractivity contribution in [3.8, 4) is 0 Å². The Labute approximate surface area is 96.6 Å². The van der Waals surface area contributed by atoms with E-state index in [1.54, 1.807) is 0 Å². The average molecular weight is 220 g/mol. The fraction of sp³-hybridized carbons (Fsp3) is 0.500. The summed E-state index contributed by atoms with van der Waals surface area (Å²) in [5.74, 6) is 0. The van der Waals surface area contributed by atoms with Gasteiger partial charge >= 0.3 is 0 Å². The van der Waals surface area contributed by atoms with Gasteiger partial charge in [0.2, 0.25) is 0 Å². The largest absolute Gasteiger partial charge is 0.369 e. The molecular formula is C12H20N4. The van der Waals surface area contributed by atoms with E-state index >= 15 is 0 Å². The molecule has 0 aromatic heterocycles. The summed E-state index contributed by atoms with van der Waals surface area (Å²) >= 11 is 0. The highest BCUT2D eigenvalue weighted by atomic mass is 15.2. The first-order chi connectivity index (χ1) is 7.81. The van der Waals surface area contributed by atoms with Crippen LogP contribution in [-0.2, 0) is 0 Å². The maximum absolute atomic E-state index is 5.94. The van der Waals surface area contributed by atoms with E-state index in [1.807, 2.05) is 6.07 Å². The first kappa shape index (κ1) is 11.4. The number of rotatable bonds is 3. The SMILES string of the molecule is NC[C@@H](N)c1cccc(N2CCNCC2)c1. The second kappa shape index (κ2) is 5.30. The van der Waals surface area contributed by atoms with Crippen molar-refractivity contribution in [2.75, 3.05) is 37.6 Å². The fourth-order valence-electron chi connectivity index (χ4n) is 2.01. The Morgan fingerprint density at radius 3 is 2.75 bits per heavy atom. The zero-order valence-corrected chi connectivity index (χ0v) is 9.52. The first-order valence-electron chi connectivity index (χ1n) is 5.82. The minimum atomic E-state index is -0.0529. The van der Waals surface area contributed by atoms with E-state index in [0.717, 1.165) is 31.7 Å². The van der Waals surface area contributed by atoms with Crippen LogP contribution in [0.25, 0.3) is 0 Å². The lowest BCUT2D eigenvalue weighted by molar-refractivity contribution is 0.589. The molecule has 0 unspecified atom stereocenters. The van der Waals surface area contributed by atoms with Gasteiger partial charge in [-0.1, -0.05) is 12.1 Å². The number of hydrogen-bond donors (Lipinski definition) is 3. The standard InChI is InChI=1S/C12H20N4/c13-9-12(14)10-2-1-3-11(8-10)16-6-4-15-5-7-16/h1-3,8,12,15H,4-7,9,13-14H2/t12-/m1/s1. The molecule has 88 valence electrons. The lowest BCUT2D eigenvalue weighted by Crippen LogP contribution is -2.43. The summed E-state index contributed by atoms with van der Waals surface area (Å²) in [7, 11) is 0. The van der Waals surface area contributed by atoms with Crippen molar-refractivity contribution >= 4 is 5.69 Å². The number of nitrogens with zero attached hydrogens (tertiary/aromatic N) is 1. The number of benzene rings is 1. The summed E-state index contributed by atoms with van der Waals surface area (Å²) in [6.45, 7) is 4.70. The second-order valence-corrected chi connectivity index (χ2v) is 4.17. The third-order valence-corrected chi connectivity index (χ3v) is 3.03. The second-order valence-electron chi connectivity index (χ2n) is 4.17. The topological polar surface area (TPSA) is 67.3 Å². The van der Waals surface area contributed by atoms with E-state index in [0.29, 0.717) is 6.54 Å². The lowest BCUT2D eigenvalue weighted by atomic mass is 10.1. The molecule has 0 spiro atoms. The Hall–Kier alpha value is -1.10. The van der Waals surface area contributed by atoms with Crippen molar-refractivity contribution < 1.29 is 0 Å². The zero-order chi connectivity index (χ0) is 11.4. The van der Waals surface area contributed by atoms with Crippen LogP contribution in [0.3, 0.4) is 0 Å². The maximum atomic E-state index is 5.94. The summed E-state index contributed by atoms with van der Waals surface area (Å²) in [6.07, 6.45) is 0. The van der Waals surface area contributed by atoms with Crippen LogP contribution in [0.4, 0.5) is 5.69 Å². The fourth-order valence-corrected chi connectivity index (χ4v) is 2.01. The van der Waals surface area contributed by atoms with Crippen LogP contribution in [-0.4, -0.2) is 32.7 Å². The van der Waals surface area contributed by atoms with Gasteiger partial charge in [0, 0.05) is 44.5 Å².